The molecule has 1 unspecified atom stereocenters. The summed E-state index contributed by atoms with van der Waals surface area (Å²) >= 11 is 0. The van der Waals surface area contributed by atoms with E-state index in [9.17, 15) is 12.8 Å². The number of amidine groups is 1. The van der Waals surface area contributed by atoms with Gasteiger partial charge in [0, 0.05) is 17.3 Å². The first kappa shape index (κ1) is 22.0. The monoisotopic (exact) mass is 453 g/mol. The van der Waals surface area contributed by atoms with Gasteiger partial charge in [-0.2, -0.15) is 0 Å². The van der Waals surface area contributed by atoms with Gasteiger partial charge >= 0.3 is 0 Å². The van der Waals surface area contributed by atoms with Crippen LogP contribution in [0.2, 0.25) is 0 Å². The largest absolute Gasteiger partial charge is 0.457 e. The molecule has 1 aromatic heterocycles. The fourth-order valence-corrected chi connectivity index (χ4v) is 5.66. The number of nitrogens with zero attached hydrogens (tertiary/aromatic N) is 2. The van der Waals surface area contributed by atoms with E-state index >= 15 is 0 Å². The second-order valence-electron chi connectivity index (χ2n) is 8.21. The lowest BCUT2D eigenvalue weighted by atomic mass is 9.98. The van der Waals surface area contributed by atoms with Crippen molar-refractivity contribution in [2.24, 2.45) is 4.99 Å². The molecule has 4 rings (SSSR count). The van der Waals surface area contributed by atoms with E-state index in [1.165, 1.54) is 6.07 Å². The number of nitrogens with one attached hydrogen (secondary N) is 1. The maximum absolute atomic E-state index is 14.1. The Hall–Kier alpha value is -3.26. The molecule has 2 aromatic carbocycles. The molecule has 0 radical (unpaired) electrons. The van der Waals surface area contributed by atoms with Crippen molar-refractivity contribution in [1.29, 1.82) is 0 Å². The maximum Gasteiger partial charge on any atom is 0.299 e. The highest BCUT2D eigenvalue weighted by Gasteiger charge is 2.48. The van der Waals surface area contributed by atoms with Crippen molar-refractivity contribution in [2.75, 3.05) is 0 Å². The van der Waals surface area contributed by atoms with Crippen LogP contribution in [0.1, 0.15) is 43.2 Å². The van der Waals surface area contributed by atoms with Gasteiger partial charge in [-0.3, -0.25) is 4.98 Å². The lowest BCUT2D eigenvalue weighted by Crippen LogP contribution is -2.53. The molecule has 1 aliphatic heterocycles. The SMILES string of the molecule is C[C@H](N=C1NS(=O)(=O)C(c2ccc(-c3ccccc3)nc2)C(C)(C)O1)c1ccccc1F. The Morgan fingerprint density at radius 3 is 2.38 bits per heavy atom. The molecule has 32 heavy (non-hydrogen) atoms. The van der Waals surface area contributed by atoms with E-state index in [-0.39, 0.29) is 6.02 Å². The summed E-state index contributed by atoms with van der Waals surface area (Å²) in [6.07, 6.45) is 1.56. The van der Waals surface area contributed by atoms with Crippen molar-refractivity contribution in [1.82, 2.24) is 9.71 Å². The molecule has 1 fully saturated rings. The van der Waals surface area contributed by atoms with E-state index in [4.69, 9.17) is 4.74 Å². The van der Waals surface area contributed by atoms with E-state index in [1.807, 2.05) is 30.3 Å². The first-order valence-corrected chi connectivity index (χ1v) is 11.8. The molecule has 166 valence electrons. The molecule has 0 amide bonds. The first-order valence-electron chi connectivity index (χ1n) is 10.2. The van der Waals surface area contributed by atoms with Gasteiger partial charge in [0.2, 0.25) is 10.0 Å². The van der Waals surface area contributed by atoms with Crippen molar-refractivity contribution in [3.63, 3.8) is 0 Å². The van der Waals surface area contributed by atoms with E-state index in [0.29, 0.717) is 11.1 Å². The number of halogens is 1. The van der Waals surface area contributed by atoms with Crippen molar-refractivity contribution in [3.05, 3.63) is 89.9 Å². The Bertz CT molecular complexity index is 1240. The Morgan fingerprint density at radius 2 is 1.75 bits per heavy atom. The van der Waals surface area contributed by atoms with E-state index in [2.05, 4.69) is 14.7 Å². The van der Waals surface area contributed by atoms with Gasteiger partial charge in [-0.25, -0.2) is 22.5 Å². The quantitative estimate of drug-likeness (QED) is 0.617. The van der Waals surface area contributed by atoms with Crippen LogP contribution in [0.5, 0.6) is 0 Å². The van der Waals surface area contributed by atoms with Gasteiger partial charge < -0.3 is 4.74 Å². The lowest BCUT2D eigenvalue weighted by molar-refractivity contribution is 0.0760. The predicted molar refractivity (Wildman–Crippen MR) is 122 cm³/mol. The van der Waals surface area contributed by atoms with Crippen LogP contribution in [0.3, 0.4) is 0 Å². The van der Waals surface area contributed by atoms with Crippen LogP contribution in [-0.4, -0.2) is 25.0 Å². The number of hydrogen-bond acceptors (Lipinski definition) is 5. The van der Waals surface area contributed by atoms with Crippen LogP contribution in [0.4, 0.5) is 4.39 Å². The van der Waals surface area contributed by atoms with Gasteiger partial charge in [-0.05, 0) is 38.5 Å². The second kappa shape index (κ2) is 8.35. The van der Waals surface area contributed by atoms with Crippen LogP contribution in [0, 0.1) is 5.82 Å². The molecule has 2 atom stereocenters. The minimum absolute atomic E-state index is 0.157. The summed E-state index contributed by atoms with van der Waals surface area (Å²) in [7, 11) is -3.89. The minimum atomic E-state index is -3.89. The number of pyridine rings is 1. The molecule has 0 saturated carbocycles. The topological polar surface area (TPSA) is 80.7 Å². The second-order valence-corrected chi connectivity index (χ2v) is 9.97. The Labute approximate surface area is 187 Å². The number of benzene rings is 2. The standard InChI is InChI=1S/C24H24FN3O3S/c1-16(19-11-7-8-12-20(19)25)27-23-28-32(29,30)22(24(2,3)31-23)18-13-14-21(26-15-18)17-9-5-4-6-10-17/h4-16,22H,1-3H3,(H,27,28)/t16-,22?/m0/s1. The molecular weight excluding hydrogens is 429 g/mol. The first-order chi connectivity index (χ1) is 15.2. The Kier molecular flexibility index (Phi) is 5.73. The van der Waals surface area contributed by atoms with Crippen molar-refractivity contribution in [2.45, 2.75) is 37.7 Å². The highest BCUT2D eigenvalue weighted by Crippen LogP contribution is 2.39. The third-order valence-electron chi connectivity index (χ3n) is 5.36. The molecule has 6 nitrogen and oxygen atoms in total. The minimum Gasteiger partial charge on any atom is -0.457 e. The van der Waals surface area contributed by atoms with Crippen LogP contribution in [0.25, 0.3) is 11.3 Å². The molecule has 1 saturated heterocycles. The zero-order valence-corrected chi connectivity index (χ0v) is 18.8. The summed E-state index contributed by atoms with van der Waals surface area (Å²) in [5.41, 5.74) is 1.41. The van der Waals surface area contributed by atoms with E-state index in [0.717, 1.165) is 11.3 Å². The zero-order valence-electron chi connectivity index (χ0n) is 18.0. The number of hydrogen-bond donors (Lipinski definition) is 1. The molecule has 1 aliphatic rings. The Balaban J connectivity index is 1.62. The summed E-state index contributed by atoms with van der Waals surface area (Å²) in [5.74, 6) is -0.412. The number of ether oxygens (including phenoxy) is 1. The summed E-state index contributed by atoms with van der Waals surface area (Å²) in [6, 6.07) is 18.6. The van der Waals surface area contributed by atoms with Crippen LogP contribution < -0.4 is 4.72 Å². The van der Waals surface area contributed by atoms with Gasteiger partial charge in [0.05, 0.1) is 11.7 Å². The number of aliphatic imine (C=N–C) groups is 1. The van der Waals surface area contributed by atoms with Crippen molar-refractivity contribution < 1.29 is 17.5 Å². The van der Waals surface area contributed by atoms with Crippen LogP contribution in [-0.2, 0) is 14.8 Å². The summed E-state index contributed by atoms with van der Waals surface area (Å²) in [4.78, 5) is 8.74. The molecule has 2 heterocycles. The Morgan fingerprint density at radius 1 is 1.06 bits per heavy atom. The average Bonchev–Trinajstić information content (AvgIpc) is 2.73. The summed E-state index contributed by atoms with van der Waals surface area (Å²) < 4.78 is 48.8. The average molecular weight is 454 g/mol. The third kappa shape index (κ3) is 4.36. The van der Waals surface area contributed by atoms with E-state index < -0.39 is 32.7 Å². The molecule has 0 aliphatic carbocycles. The lowest BCUT2D eigenvalue weighted by Gasteiger charge is -2.39. The molecule has 1 N–H and O–H groups in total. The maximum atomic E-state index is 14.1. The number of rotatable bonds is 4. The fourth-order valence-electron chi connectivity index (χ4n) is 3.91. The molecule has 3 aromatic rings. The normalized spacial score (nSPS) is 21.4. The number of sulfonamides is 1. The summed E-state index contributed by atoms with van der Waals surface area (Å²) in [6.45, 7) is 5.04. The van der Waals surface area contributed by atoms with E-state index in [1.54, 1.807) is 57.3 Å². The molecule has 0 spiro atoms. The third-order valence-corrected chi connectivity index (χ3v) is 7.28. The van der Waals surface area contributed by atoms with Crippen LogP contribution in [0.15, 0.2) is 77.9 Å². The molecular formula is C24H24FN3O3S. The zero-order chi connectivity index (χ0) is 22.9. The highest BCUT2D eigenvalue weighted by molar-refractivity contribution is 7.90. The van der Waals surface area contributed by atoms with Crippen molar-refractivity contribution >= 4 is 16.0 Å². The smallest absolute Gasteiger partial charge is 0.299 e. The van der Waals surface area contributed by atoms with Gasteiger partial charge in [-0.1, -0.05) is 54.6 Å². The number of aromatic nitrogens is 1. The van der Waals surface area contributed by atoms with Gasteiger partial charge in [-0.15, -0.1) is 0 Å². The van der Waals surface area contributed by atoms with Crippen molar-refractivity contribution in [3.8, 4) is 11.3 Å². The predicted octanol–water partition coefficient (Wildman–Crippen LogP) is 4.77. The highest BCUT2D eigenvalue weighted by atomic mass is 32.2. The fraction of sp³-hybridized carbons (Fsp3) is 0.250. The van der Waals surface area contributed by atoms with Gasteiger partial charge in [0.25, 0.3) is 6.02 Å². The molecule has 8 heteroatoms. The van der Waals surface area contributed by atoms with Gasteiger partial charge in [0.15, 0.2) is 0 Å². The van der Waals surface area contributed by atoms with Gasteiger partial charge in [0.1, 0.15) is 16.7 Å². The van der Waals surface area contributed by atoms with Crippen LogP contribution >= 0.6 is 0 Å². The summed E-state index contributed by atoms with van der Waals surface area (Å²) in [5, 5.41) is -1.00. The molecule has 0 bridgehead atoms.